The molecule has 0 unspecified atom stereocenters. The molecule has 0 spiro atoms. The van der Waals surface area contributed by atoms with Crippen LogP contribution in [0.2, 0.25) is 0 Å². The summed E-state index contributed by atoms with van der Waals surface area (Å²) in [4.78, 5) is 0. The molecule has 29 heavy (non-hydrogen) atoms. The first kappa shape index (κ1) is 18.6. The van der Waals surface area contributed by atoms with E-state index in [4.69, 9.17) is 21.7 Å². The fourth-order valence-electron chi connectivity index (χ4n) is 2.61. The third-order valence-electron chi connectivity index (χ3n) is 3.99. The molecule has 144 valence electrons. The SMILES string of the molecule is S=c1[nH]nc(COc2ccccc2)n1N=Cc1cccc(Oc2ccccc2)c1. The first-order chi connectivity index (χ1) is 14.3. The van der Waals surface area contributed by atoms with Crippen molar-refractivity contribution in [3.63, 3.8) is 0 Å². The first-order valence-corrected chi connectivity index (χ1v) is 9.40. The zero-order chi connectivity index (χ0) is 19.9. The molecule has 1 heterocycles. The number of aromatic amines is 1. The van der Waals surface area contributed by atoms with Gasteiger partial charge in [-0.05, 0) is 54.2 Å². The molecule has 0 aliphatic heterocycles. The topological polar surface area (TPSA) is 64.4 Å². The second-order valence-corrected chi connectivity index (χ2v) is 6.48. The van der Waals surface area contributed by atoms with E-state index < -0.39 is 0 Å². The Balaban J connectivity index is 1.48. The highest BCUT2D eigenvalue weighted by atomic mass is 32.1. The van der Waals surface area contributed by atoms with Gasteiger partial charge in [0.2, 0.25) is 4.77 Å². The fraction of sp³-hybridized carbons (Fsp3) is 0.0455. The van der Waals surface area contributed by atoms with E-state index in [1.165, 1.54) is 0 Å². The first-order valence-electron chi connectivity index (χ1n) is 8.99. The summed E-state index contributed by atoms with van der Waals surface area (Å²) in [5, 5.41) is 11.4. The molecule has 0 saturated carbocycles. The summed E-state index contributed by atoms with van der Waals surface area (Å²) < 4.78 is 13.5. The molecule has 0 aliphatic carbocycles. The summed E-state index contributed by atoms with van der Waals surface area (Å²) in [5.41, 5.74) is 0.872. The summed E-state index contributed by atoms with van der Waals surface area (Å²) >= 11 is 5.28. The van der Waals surface area contributed by atoms with E-state index in [2.05, 4.69) is 15.3 Å². The highest BCUT2D eigenvalue weighted by Crippen LogP contribution is 2.21. The van der Waals surface area contributed by atoms with Gasteiger partial charge in [-0.15, -0.1) is 0 Å². The lowest BCUT2D eigenvalue weighted by atomic mass is 10.2. The molecule has 0 atom stereocenters. The largest absolute Gasteiger partial charge is 0.486 e. The van der Waals surface area contributed by atoms with E-state index in [0.717, 1.165) is 22.8 Å². The van der Waals surface area contributed by atoms with Gasteiger partial charge in [0, 0.05) is 0 Å². The van der Waals surface area contributed by atoms with Crippen LogP contribution in [0.3, 0.4) is 0 Å². The summed E-state index contributed by atoms with van der Waals surface area (Å²) in [7, 11) is 0. The number of nitrogens with zero attached hydrogens (tertiary/aromatic N) is 3. The van der Waals surface area contributed by atoms with Crippen LogP contribution >= 0.6 is 12.2 Å². The van der Waals surface area contributed by atoms with Gasteiger partial charge in [-0.25, -0.2) is 5.10 Å². The van der Waals surface area contributed by atoms with Crippen molar-refractivity contribution in [3.05, 3.63) is 101 Å². The van der Waals surface area contributed by atoms with Crippen LogP contribution in [-0.4, -0.2) is 21.1 Å². The van der Waals surface area contributed by atoms with E-state index in [1.54, 1.807) is 10.9 Å². The normalized spacial score (nSPS) is 10.9. The molecule has 1 N–H and O–H groups in total. The van der Waals surface area contributed by atoms with Crippen molar-refractivity contribution in [2.45, 2.75) is 6.61 Å². The second kappa shape index (κ2) is 8.99. The third-order valence-corrected chi connectivity index (χ3v) is 4.25. The second-order valence-electron chi connectivity index (χ2n) is 6.09. The zero-order valence-corrected chi connectivity index (χ0v) is 16.3. The summed E-state index contributed by atoms with van der Waals surface area (Å²) in [6.45, 7) is 0.242. The Bertz CT molecular complexity index is 1150. The van der Waals surface area contributed by atoms with E-state index in [1.807, 2.05) is 84.9 Å². The molecular formula is C22H18N4O2S. The Morgan fingerprint density at radius 1 is 0.897 bits per heavy atom. The average Bonchev–Trinajstić information content (AvgIpc) is 3.12. The maximum absolute atomic E-state index is 5.86. The van der Waals surface area contributed by atoms with Crippen molar-refractivity contribution in [1.29, 1.82) is 0 Å². The van der Waals surface area contributed by atoms with E-state index in [9.17, 15) is 0 Å². The summed E-state index contributed by atoms with van der Waals surface area (Å²) in [6, 6.07) is 26.8. The summed E-state index contributed by atoms with van der Waals surface area (Å²) in [5.74, 6) is 2.83. The number of H-pyrrole nitrogens is 1. The van der Waals surface area contributed by atoms with Crippen LogP contribution in [0.4, 0.5) is 0 Å². The number of aromatic nitrogens is 3. The van der Waals surface area contributed by atoms with Gasteiger partial charge in [-0.2, -0.15) is 14.9 Å². The van der Waals surface area contributed by atoms with Gasteiger partial charge in [0.15, 0.2) is 5.82 Å². The average molecular weight is 402 g/mol. The standard InChI is InChI=1S/C22H18N4O2S/c29-22-25-24-21(16-27-18-9-3-1-4-10-18)26(22)23-15-17-8-7-13-20(14-17)28-19-11-5-2-6-12-19/h1-15H,16H2,(H,25,29). The lowest BCUT2D eigenvalue weighted by Crippen LogP contribution is -2.04. The minimum absolute atomic E-state index is 0.242. The van der Waals surface area contributed by atoms with Crippen molar-refractivity contribution in [2.24, 2.45) is 5.10 Å². The Kier molecular flexibility index (Phi) is 5.78. The van der Waals surface area contributed by atoms with Gasteiger partial charge < -0.3 is 9.47 Å². The van der Waals surface area contributed by atoms with Crippen molar-refractivity contribution in [2.75, 3.05) is 0 Å². The minimum atomic E-state index is 0.242. The van der Waals surface area contributed by atoms with Crippen molar-refractivity contribution < 1.29 is 9.47 Å². The zero-order valence-electron chi connectivity index (χ0n) is 15.4. The maximum Gasteiger partial charge on any atom is 0.216 e. The predicted molar refractivity (Wildman–Crippen MR) is 114 cm³/mol. The van der Waals surface area contributed by atoms with Gasteiger partial charge in [-0.3, -0.25) is 0 Å². The van der Waals surface area contributed by atoms with Gasteiger partial charge in [0.25, 0.3) is 0 Å². The molecule has 0 amide bonds. The van der Waals surface area contributed by atoms with Crippen molar-refractivity contribution in [3.8, 4) is 17.2 Å². The number of para-hydroxylation sites is 2. The molecular weight excluding hydrogens is 384 g/mol. The number of benzene rings is 3. The lowest BCUT2D eigenvalue weighted by Gasteiger charge is -2.06. The van der Waals surface area contributed by atoms with E-state index in [0.29, 0.717) is 10.6 Å². The van der Waals surface area contributed by atoms with Crippen LogP contribution in [0.25, 0.3) is 0 Å². The number of nitrogens with one attached hydrogen (secondary N) is 1. The Labute approximate surface area is 173 Å². The summed E-state index contributed by atoms with van der Waals surface area (Å²) in [6.07, 6.45) is 1.70. The van der Waals surface area contributed by atoms with Crippen molar-refractivity contribution >= 4 is 18.4 Å². The Morgan fingerprint density at radius 3 is 2.34 bits per heavy atom. The minimum Gasteiger partial charge on any atom is -0.486 e. The quantitative estimate of drug-likeness (QED) is 0.341. The molecule has 0 fully saturated rings. The van der Waals surface area contributed by atoms with Crippen molar-refractivity contribution in [1.82, 2.24) is 14.9 Å². The molecule has 1 aromatic heterocycles. The van der Waals surface area contributed by atoms with E-state index >= 15 is 0 Å². The number of hydrogen-bond acceptors (Lipinski definition) is 5. The molecule has 4 rings (SSSR count). The van der Waals surface area contributed by atoms with Crippen LogP contribution in [0, 0.1) is 4.77 Å². The predicted octanol–water partition coefficient (Wildman–Crippen LogP) is 5.19. The van der Waals surface area contributed by atoms with Crippen LogP contribution in [-0.2, 0) is 6.61 Å². The van der Waals surface area contributed by atoms with Gasteiger partial charge >= 0.3 is 0 Å². The molecule has 4 aromatic rings. The highest BCUT2D eigenvalue weighted by Gasteiger charge is 2.06. The molecule has 6 nitrogen and oxygen atoms in total. The molecule has 7 heteroatoms. The monoisotopic (exact) mass is 402 g/mol. The Hall–Kier alpha value is -3.71. The van der Waals surface area contributed by atoms with Gasteiger partial charge in [0.05, 0.1) is 6.21 Å². The molecule has 0 radical (unpaired) electrons. The Morgan fingerprint density at radius 2 is 1.59 bits per heavy atom. The van der Waals surface area contributed by atoms with Gasteiger partial charge in [0.1, 0.15) is 23.9 Å². The van der Waals surface area contributed by atoms with Crippen LogP contribution < -0.4 is 9.47 Å². The molecule has 0 bridgehead atoms. The number of ether oxygens (including phenoxy) is 2. The smallest absolute Gasteiger partial charge is 0.216 e. The molecule has 3 aromatic carbocycles. The number of hydrogen-bond donors (Lipinski definition) is 1. The van der Waals surface area contributed by atoms with Crippen LogP contribution in [0.5, 0.6) is 17.2 Å². The van der Waals surface area contributed by atoms with Crippen LogP contribution in [0.1, 0.15) is 11.4 Å². The lowest BCUT2D eigenvalue weighted by molar-refractivity contribution is 0.290. The number of rotatable bonds is 7. The third kappa shape index (κ3) is 4.97. The van der Waals surface area contributed by atoms with Gasteiger partial charge in [-0.1, -0.05) is 48.5 Å². The van der Waals surface area contributed by atoms with E-state index in [-0.39, 0.29) is 6.61 Å². The molecule has 0 aliphatic rings. The maximum atomic E-state index is 5.86. The van der Waals surface area contributed by atoms with Crippen LogP contribution in [0.15, 0.2) is 90.0 Å². The molecule has 0 saturated heterocycles. The fourth-order valence-corrected chi connectivity index (χ4v) is 2.81. The highest BCUT2D eigenvalue weighted by molar-refractivity contribution is 7.71.